The van der Waals surface area contributed by atoms with Gasteiger partial charge in [0.2, 0.25) is 0 Å². The highest BCUT2D eigenvalue weighted by molar-refractivity contribution is 9.10. The van der Waals surface area contributed by atoms with Gasteiger partial charge < -0.3 is 4.90 Å². The fourth-order valence-electron chi connectivity index (χ4n) is 1.09. The molecule has 0 spiro atoms. The maximum absolute atomic E-state index is 3.53. The van der Waals surface area contributed by atoms with Crippen molar-refractivity contribution >= 4 is 33.4 Å². The summed E-state index contributed by atoms with van der Waals surface area (Å²) in [6.07, 6.45) is 0. The minimum absolute atomic E-state index is 1.12. The highest BCUT2D eigenvalue weighted by Crippen LogP contribution is 2.29. The van der Waals surface area contributed by atoms with Crippen LogP contribution in [0.1, 0.15) is 6.92 Å². The van der Waals surface area contributed by atoms with Crippen LogP contribution in [-0.4, -0.2) is 19.8 Å². The van der Waals surface area contributed by atoms with Gasteiger partial charge in [0.15, 0.2) is 0 Å². The largest absolute Gasteiger partial charge is 0.377 e. The third-order valence-corrected chi connectivity index (χ3v) is 3.26. The van der Waals surface area contributed by atoms with Crippen LogP contribution in [0.4, 0.5) is 5.69 Å². The van der Waals surface area contributed by atoms with Crippen molar-refractivity contribution in [3.05, 3.63) is 22.7 Å². The van der Waals surface area contributed by atoms with E-state index in [0.29, 0.717) is 0 Å². The van der Waals surface area contributed by atoms with E-state index in [2.05, 4.69) is 60.0 Å². The summed E-state index contributed by atoms with van der Waals surface area (Å²) in [4.78, 5) is 3.44. The van der Waals surface area contributed by atoms with E-state index in [-0.39, 0.29) is 0 Å². The maximum Gasteiger partial charge on any atom is 0.0516 e. The van der Waals surface area contributed by atoms with Crippen LogP contribution in [0.5, 0.6) is 0 Å². The van der Waals surface area contributed by atoms with E-state index in [9.17, 15) is 0 Å². The molecule has 0 N–H and O–H groups in total. The third kappa shape index (κ3) is 2.92. The first kappa shape index (κ1) is 10.9. The quantitative estimate of drug-likeness (QED) is 0.763. The smallest absolute Gasteiger partial charge is 0.0516 e. The molecule has 72 valence electrons. The number of hydrogen-bond acceptors (Lipinski definition) is 2. The van der Waals surface area contributed by atoms with Crippen LogP contribution in [-0.2, 0) is 0 Å². The van der Waals surface area contributed by atoms with Crippen LogP contribution < -0.4 is 4.90 Å². The molecule has 0 saturated carbocycles. The molecule has 0 fully saturated rings. The zero-order valence-electron chi connectivity index (χ0n) is 8.17. The third-order valence-electron chi connectivity index (χ3n) is 1.71. The molecule has 1 aromatic rings. The fraction of sp³-hybridized carbons (Fsp3) is 0.400. The van der Waals surface area contributed by atoms with Gasteiger partial charge in [-0.1, -0.05) is 6.92 Å². The number of anilines is 1. The van der Waals surface area contributed by atoms with E-state index in [1.54, 1.807) is 0 Å². The van der Waals surface area contributed by atoms with E-state index in [1.807, 2.05) is 11.8 Å². The number of rotatable bonds is 3. The van der Waals surface area contributed by atoms with Gasteiger partial charge in [-0.2, -0.15) is 0 Å². The lowest BCUT2D eigenvalue weighted by atomic mass is 10.3. The summed E-state index contributed by atoms with van der Waals surface area (Å²) in [7, 11) is 4.11. The Bertz CT molecular complexity index is 286. The molecule has 0 aromatic heterocycles. The van der Waals surface area contributed by atoms with Gasteiger partial charge in [0.25, 0.3) is 0 Å². The van der Waals surface area contributed by atoms with Crippen molar-refractivity contribution in [2.45, 2.75) is 11.8 Å². The van der Waals surface area contributed by atoms with Gasteiger partial charge >= 0.3 is 0 Å². The standard InChI is InChI=1S/C10H14BrNS/c1-4-13-8-5-6-9(11)10(7-8)12(2)3/h5-7H,4H2,1-3H3. The number of nitrogens with zero attached hydrogens (tertiary/aromatic N) is 1. The van der Waals surface area contributed by atoms with Crippen LogP contribution in [0.3, 0.4) is 0 Å². The second-order valence-corrected chi connectivity index (χ2v) is 5.13. The first-order chi connectivity index (χ1) is 6.15. The van der Waals surface area contributed by atoms with Crippen LogP contribution in [0.15, 0.2) is 27.6 Å². The average molecular weight is 260 g/mol. The zero-order valence-corrected chi connectivity index (χ0v) is 10.6. The van der Waals surface area contributed by atoms with Crippen molar-refractivity contribution in [1.29, 1.82) is 0 Å². The Hall–Kier alpha value is -0.150. The zero-order chi connectivity index (χ0) is 9.84. The van der Waals surface area contributed by atoms with Crippen molar-refractivity contribution in [1.82, 2.24) is 0 Å². The highest BCUT2D eigenvalue weighted by atomic mass is 79.9. The topological polar surface area (TPSA) is 3.24 Å². The molecule has 0 saturated heterocycles. The van der Waals surface area contributed by atoms with E-state index in [4.69, 9.17) is 0 Å². The normalized spacial score (nSPS) is 10.2. The van der Waals surface area contributed by atoms with Crippen molar-refractivity contribution < 1.29 is 0 Å². The molecule has 13 heavy (non-hydrogen) atoms. The van der Waals surface area contributed by atoms with E-state index in [0.717, 1.165) is 10.2 Å². The van der Waals surface area contributed by atoms with E-state index in [1.165, 1.54) is 10.6 Å². The molecule has 0 aliphatic heterocycles. The Balaban J connectivity index is 2.97. The second-order valence-electron chi connectivity index (χ2n) is 2.94. The minimum Gasteiger partial charge on any atom is -0.377 e. The van der Waals surface area contributed by atoms with Gasteiger partial charge in [-0.25, -0.2) is 0 Å². The summed E-state index contributed by atoms with van der Waals surface area (Å²) in [6, 6.07) is 6.46. The lowest BCUT2D eigenvalue weighted by molar-refractivity contribution is 1.11. The summed E-state index contributed by atoms with van der Waals surface area (Å²) < 4.78 is 1.15. The summed E-state index contributed by atoms with van der Waals surface area (Å²) in [5.41, 5.74) is 1.23. The van der Waals surface area contributed by atoms with Gasteiger partial charge in [0.05, 0.1) is 5.69 Å². The van der Waals surface area contributed by atoms with Crippen molar-refractivity contribution in [2.75, 3.05) is 24.7 Å². The molecule has 3 heteroatoms. The molecule has 1 nitrogen and oxygen atoms in total. The number of hydrogen-bond donors (Lipinski definition) is 0. The Morgan fingerprint density at radius 3 is 2.62 bits per heavy atom. The van der Waals surface area contributed by atoms with Crippen LogP contribution in [0.2, 0.25) is 0 Å². The molecule has 0 radical (unpaired) electrons. The SMILES string of the molecule is CCSc1ccc(Br)c(N(C)C)c1. The first-order valence-corrected chi connectivity index (χ1v) is 6.02. The van der Waals surface area contributed by atoms with Crippen LogP contribution in [0, 0.1) is 0 Å². The Labute approximate surface area is 92.6 Å². The fourth-order valence-corrected chi connectivity index (χ4v) is 2.39. The van der Waals surface area contributed by atoms with Crippen LogP contribution >= 0.6 is 27.7 Å². The van der Waals surface area contributed by atoms with Gasteiger partial charge in [-0.3, -0.25) is 0 Å². The second kappa shape index (κ2) is 4.91. The van der Waals surface area contributed by atoms with Gasteiger partial charge in [-0.15, -0.1) is 11.8 Å². The molecule has 0 bridgehead atoms. The van der Waals surface area contributed by atoms with Gasteiger partial charge in [0, 0.05) is 23.5 Å². The first-order valence-electron chi connectivity index (χ1n) is 4.24. The molecular weight excluding hydrogens is 246 g/mol. The monoisotopic (exact) mass is 259 g/mol. The molecule has 0 aliphatic carbocycles. The molecule has 0 amide bonds. The molecule has 0 aliphatic rings. The maximum atomic E-state index is 3.53. The summed E-state index contributed by atoms with van der Waals surface area (Å²) in [6.45, 7) is 2.17. The summed E-state index contributed by atoms with van der Waals surface area (Å²) in [5, 5.41) is 0. The summed E-state index contributed by atoms with van der Waals surface area (Å²) >= 11 is 5.40. The number of thioether (sulfide) groups is 1. The Morgan fingerprint density at radius 2 is 2.08 bits per heavy atom. The predicted molar refractivity (Wildman–Crippen MR) is 64.9 cm³/mol. The number of halogens is 1. The number of benzene rings is 1. The lowest BCUT2D eigenvalue weighted by Crippen LogP contribution is -2.09. The molecule has 1 aromatic carbocycles. The van der Waals surface area contributed by atoms with Crippen LogP contribution in [0.25, 0.3) is 0 Å². The Kier molecular flexibility index (Phi) is 4.13. The van der Waals surface area contributed by atoms with E-state index >= 15 is 0 Å². The highest BCUT2D eigenvalue weighted by Gasteiger charge is 2.02. The van der Waals surface area contributed by atoms with Crippen molar-refractivity contribution in [3.8, 4) is 0 Å². The predicted octanol–water partition coefficient (Wildman–Crippen LogP) is 3.63. The average Bonchev–Trinajstić information content (AvgIpc) is 2.08. The minimum atomic E-state index is 1.12. The lowest BCUT2D eigenvalue weighted by Gasteiger charge is -2.15. The van der Waals surface area contributed by atoms with Crippen molar-refractivity contribution in [3.63, 3.8) is 0 Å². The van der Waals surface area contributed by atoms with Gasteiger partial charge in [-0.05, 0) is 39.9 Å². The molecule has 0 atom stereocenters. The van der Waals surface area contributed by atoms with E-state index < -0.39 is 0 Å². The molecule has 1 rings (SSSR count). The van der Waals surface area contributed by atoms with Crippen molar-refractivity contribution in [2.24, 2.45) is 0 Å². The Morgan fingerprint density at radius 1 is 1.38 bits per heavy atom. The molecule has 0 unspecified atom stereocenters. The molecule has 0 heterocycles. The van der Waals surface area contributed by atoms with Gasteiger partial charge in [0.1, 0.15) is 0 Å². The summed E-state index contributed by atoms with van der Waals surface area (Å²) in [5.74, 6) is 1.12. The molecular formula is C10H14BrNS.